The SMILES string of the molecule is CC(C)C(CBr)CCOCC(F)(F)F. The van der Waals surface area contributed by atoms with Crippen molar-refractivity contribution in [1.29, 1.82) is 0 Å². The zero-order valence-corrected chi connectivity index (χ0v) is 9.99. The molecule has 1 unspecified atom stereocenters. The van der Waals surface area contributed by atoms with Gasteiger partial charge in [0, 0.05) is 11.9 Å². The fourth-order valence-electron chi connectivity index (χ4n) is 1.01. The van der Waals surface area contributed by atoms with Crippen LogP contribution in [0, 0.1) is 11.8 Å². The fraction of sp³-hybridized carbons (Fsp3) is 1.00. The topological polar surface area (TPSA) is 9.23 Å². The van der Waals surface area contributed by atoms with Crippen LogP contribution in [-0.4, -0.2) is 24.7 Å². The highest BCUT2D eigenvalue weighted by Gasteiger charge is 2.27. The Hall–Kier alpha value is 0.230. The summed E-state index contributed by atoms with van der Waals surface area (Å²) in [7, 11) is 0. The molecule has 0 heterocycles. The van der Waals surface area contributed by atoms with Crippen LogP contribution in [0.5, 0.6) is 0 Å². The van der Waals surface area contributed by atoms with Crippen LogP contribution in [0.4, 0.5) is 13.2 Å². The van der Waals surface area contributed by atoms with Crippen LogP contribution in [0.1, 0.15) is 20.3 Å². The number of rotatable bonds is 6. The monoisotopic (exact) mass is 276 g/mol. The normalized spacial score (nSPS) is 14.8. The van der Waals surface area contributed by atoms with Crippen molar-refractivity contribution in [2.45, 2.75) is 26.4 Å². The van der Waals surface area contributed by atoms with E-state index in [2.05, 4.69) is 34.5 Å². The lowest BCUT2D eigenvalue weighted by Crippen LogP contribution is -2.19. The fourth-order valence-corrected chi connectivity index (χ4v) is 2.08. The van der Waals surface area contributed by atoms with E-state index in [-0.39, 0.29) is 6.61 Å². The van der Waals surface area contributed by atoms with Crippen molar-refractivity contribution in [2.75, 3.05) is 18.5 Å². The standard InChI is InChI=1S/C9H16BrF3O/c1-7(2)8(5-10)3-4-14-6-9(11,12)13/h7-8H,3-6H2,1-2H3. The Balaban J connectivity index is 3.52. The molecule has 14 heavy (non-hydrogen) atoms. The molecule has 0 aliphatic carbocycles. The summed E-state index contributed by atoms with van der Waals surface area (Å²) in [6.45, 7) is 3.14. The summed E-state index contributed by atoms with van der Waals surface area (Å²) < 4.78 is 39.6. The summed E-state index contributed by atoms with van der Waals surface area (Å²) in [6, 6.07) is 0. The first-order valence-electron chi connectivity index (χ1n) is 4.57. The molecular formula is C9H16BrF3O. The molecule has 0 rings (SSSR count). The Morgan fingerprint density at radius 3 is 2.21 bits per heavy atom. The molecule has 5 heteroatoms. The second kappa shape index (κ2) is 6.67. The van der Waals surface area contributed by atoms with E-state index in [0.717, 1.165) is 5.33 Å². The molecule has 0 radical (unpaired) electrons. The first-order chi connectivity index (χ1) is 6.37. The minimum atomic E-state index is -4.21. The van der Waals surface area contributed by atoms with Crippen molar-refractivity contribution < 1.29 is 17.9 Å². The second-order valence-electron chi connectivity index (χ2n) is 3.61. The Morgan fingerprint density at radius 1 is 1.29 bits per heavy atom. The summed E-state index contributed by atoms with van der Waals surface area (Å²) in [4.78, 5) is 0. The van der Waals surface area contributed by atoms with Crippen LogP contribution in [0.3, 0.4) is 0 Å². The smallest absolute Gasteiger partial charge is 0.372 e. The molecule has 0 bridgehead atoms. The maximum absolute atomic E-state index is 11.7. The Labute approximate surface area is 91.1 Å². The van der Waals surface area contributed by atoms with Gasteiger partial charge < -0.3 is 4.74 Å². The molecule has 0 saturated heterocycles. The van der Waals surface area contributed by atoms with Crippen LogP contribution >= 0.6 is 15.9 Å². The molecule has 0 aliphatic heterocycles. The molecule has 0 aromatic carbocycles. The van der Waals surface area contributed by atoms with Gasteiger partial charge in [-0.15, -0.1) is 0 Å². The van der Waals surface area contributed by atoms with Gasteiger partial charge in [0.2, 0.25) is 0 Å². The number of alkyl halides is 4. The summed E-state index contributed by atoms with van der Waals surface area (Å²) >= 11 is 3.33. The van der Waals surface area contributed by atoms with Gasteiger partial charge in [-0.25, -0.2) is 0 Å². The third-order valence-electron chi connectivity index (χ3n) is 2.04. The average Bonchev–Trinajstić information content (AvgIpc) is 2.01. The maximum atomic E-state index is 11.7. The van der Waals surface area contributed by atoms with Gasteiger partial charge in [-0.05, 0) is 18.3 Å². The van der Waals surface area contributed by atoms with Gasteiger partial charge in [0.1, 0.15) is 6.61 Å². The summed E-state index contributed by atoms with van der Waals surface area (Å²) in [5, 5.41) is 0.806. The molecule has 0 aromatic heterocycles. The van der Waals surface area contributed by atoms with Crippen LogP contribution in [0.15, 0.2) is 0 Å². The lowest BCUT2D eigenvalue weighted by atomic mass is 9.95. The van der Waals surface area contributed by atoms with Crippen LogP contribution in [0.2, 0.25) is 0 Å². The summed E-state index contributed by atoms with van der Waals surface area (Å²) in [6.07, 6.45) is -3.54. The Kier molecular flexibility index (Phi) is 6.78. The zero-order valence-electron chi connectivity index (χ0n) is 8.40. The minimum Gasteiger partial charge on any atom is -0.372 e. The lowest BCUT2D eigenvalue weighted by Gasteiger charge is -2.18. The van der Waals surface area contributed by atoms with Crippen molar-refractivity contribution in [1.82, 2.24) is 0 Å². The van der Waals surface area contributed by atoms with E-state index in [1.54, 1.807) is 0 Å². The zero-order chi connectivity index (χ0) is 11.2. The lowest BCUT2D eigenvalue weighted by molar-refractivity contribution is -0.174. The van der Waals surface area contributed by atoms with Crippen LogP contribution < -0.4 is 0 Å². The van der Waals surface area contributed by atoms with Crippen molar-refractivity contribution >= 4 is 15.9 Å². The number of hydrogen-bond donors (Lipinski definition) is 0. The van der Waals surface area contributed by atoms with E-state index in [4.69, 9.17) is 0 Å². The predicted molar refractivity (Wildman–Crippen MR) is 53.6 cm³/mol. The van der Waals surface area contributed by atoms with E-state index in [0.29, 0.717) is 18.3 Å². The first kappa shape index (κ1) is 14.2. The van der Waals surface area contributed by atoms with E-state index in [1.165, 1.54) is 0 Å². The minimum absolute atomic E-state index is 0.175. The third-order valence-corrected chi connectivity index (χ3v) is 2.87. The van der Waals surface area contributed by atoms with E-state index in [1.807, 2.05) is 0 Å². The van der Waals surface area contributed by atoms with Gasteiger partial charge in [0.05, 0.1) is 0 Å². The molecule has 1 atom stereocenters. The average molecular weight is 277 g/mol. The number of hydrogen-bond acceptors (Lipinski definition) is 1. The van der Waals surface area contributed by atoms with E-state index < -0.39 is 12.8 Å². The molecule has 1 nitrogen and oxygen atoms in total. The summed E-state index contributed by atoms with van der Waals surface area (Å²) in [5.41, 5.74) is 0. The van der Waals surface area contributed by atoms with Crippen LogP contribution in [-0.2, 0) is 4.74 Å². The summed E-state index contributed by atoms with van der Waals surface area (Å²) in [5.74, 6) is 0.840. The highest BCUT2D eigenvalue weighted by molar-refractivity contribution is 9.09. The Morgan fingerprint density at radius 2 is 1.86 bits per heavy atom. The molecule has 0 amide bonds. The number of halogens is 4. The second-order valence-corrected chi connectivity index (χ2v) is 4.26. The van der Waals surface area contributed by atoms with Crippen molar-refractivity contribution in [3.8, 4) is 0 Å². The van der Waals surface area contributed by atoms with Gasteiger partial charge in [-0.2, -0.15) is 13.2 Å². The Bertz CT molecular complexity index is 147. The van der Waals surface area contributed by atoms with Gasteiger partial charge in [0.25, 0.3) is 0 Å². The van der Waals surface area contributed by atoms with E-state index >= 15 is 0 Å². The van der Waals surface area contributed by atoms with Crippen molar-refractivity contribution in [3.05, 3.63) is 0 Å². The molecule has 0 aliphatic rings. The molecule has 86 valence electrons. The molecule has 0 aromatic rings. The predicted octanol–water partition coefficient (Wildman–Crippen LogP) is 3.62. The van der Waals surface area contributed by atoms with Crippen molar-refractivity contribution in [2.24, 2.45) is 11.8 Å². The van der Waals surface area contributed by atoms with E-state index in [9.17, 15) is 13.2 Å². The van der Waals surface area contributed by atoms with Gasteiger partial charge in [-0.3, -0.25) is 0 Å². The van der Waals surface area contributed by atoms with Crippen molar-refractivity contribution in [3.63, 3.8) is 0 Å². The largest absolute Gasteiger partial charge is 0.411 e. The molecule has 0 fully saturated rings. The van der Waals surface area contributed by atoms with Gasteiger partial charge in [-0.1, -0.05) is 29.8 Å². The first-order valence-corrected chi connectivity index (χ1v) is 5.69. The maximum Gasteiger partial charge on any atom is 0.411 e. The molecule has 0 N–H and O–H groups in total. The highest BCUT2D eigenvalue weighted by atomic mass is 79.9. The van der Waals surface area contributed by atoms with Gasteiger partial charge in [0.15, 0.2) is 0 Å². The third kappa shape index (κ3) is 7.62. The molecule has 0 saturated carbocycles. The quantitative estimate of drug-likeness (QED) is 0.532. The molecular weight excluding hydrogens is 261 g/mol. The highest BCUT2D eigenvalue weighted by Crippen LogP contribution is 2.19. The van der Waals surface area contributed by atoms with Gasteiger partial charge >= 0.3 is 6.18 Å². The van der Waals surface area contributed by atoms with Crippen LogP contribution in [0.25, 0.3) is 0 Å². The molecule has 0 spiro atoms. The number of ether oxygens (including phenoxy) is 1.